The molecular formula is C22H21FN2O2S. The molecule has 3 aliphatic rings. The first kappa shape index (κ1) is 17.7. The maximum atomic E-state index is 14.0. The lowest BCUT2D eigenvalue weighted by molar-refractivity contribution is -0.124. The van der Waals surface area contributed by atoms with Crippen molar-refractivity contribution in [3.05, 3.63) is 59.4 Å². The molecule has 6 heteroatoms. The number of nitrogens with zero attached hydrogens (tertiary/aromatic N) is 2. The van der Waals surface area contributed by atoms with Crippen molar-refractivity contribution in [1.29, 1.82) is 0 Å². The number of carbonyl (C=O) groups is 2. The molecule has 0 N–H and O–H groups in total. The molecule has 1 spiro atoms. The quantitative estimate of drug-likeness (QED) is 0.718. The summed E-state index contributed by atoms with van der Waals surface area (Å²) < 4.78 is 13.5. The Morgan fingerprint density at radius 1 is 1.07 bits per heavy atom. The van der Waals surface area contributed by atoms with Gasteiger partial charge in [-0.15, -0.1) is 11.8 Å². The van der Waals surface area contributed by atoms with Crippen molar-refractivity contribution in [1.82, 2.24) is 0 Å². The normalized spacial score (nSPS) is 27.6. The fourth-order valence-corrected chi connectivity index (χ4v) is 6.45. The third kappa shape index (κ3) is 2.07. The zero-order valence-corrected chi connectivity index (χ0v) is 16.8. The fraction of sp³-hybridized carbons (Fsp3) is 0.364. The lowest BCUT2D eigenvalue weighted by Gasteiger charge is -2.44. The zero-order chi connectivity index (χ0) is 19.8. The van der Waals surface area contributed by atoms with Crippen LogP contribution in [0.3, 0.4) is 0 Å². The highest BCUT2D eigenvalue weighted by Gasteiger charge is 2.64. The molecule has 3 heterocycles. The van der Waals surface area contributed by atoms with Crippen LogP contribution in [0.1, 0.15) is 44.2 Å². The summed E-state index contributed by atoms with van der Waals surface area (Å²) in [6.07, 6.45) is 0.862. The minimum Gasteiger partial charge on any atom is -0.303 e. The number of fused-ring (bicyclic) bond motifs is 1. The Labute approximate surface area is 167 Å². The van der Waals surface area contributed by atoms with Gasteiger partial charge in [-0.1, -0.05) is 25.1 Å². The molecule has 1 saturated heterocycles. The molecule has 5 rings (SSSR count). The fourth-order valence-electron chi connectivity index (χ4n) is 5.12. The predicted molar refractivity (Wildman–Crippen MR) is 109 cm³/mol. The largest absolute Gasteiger partial charge is 0.303 e. The highest BCUT2D eigenvalue weighted by atomic mass is 32.2. The number of amides is 2. The van der Waals surface area contributed by atoms with E-state index in [4.69, 9.17) is 0 Å². The molecule has 1 fully saturated rings. The van der Waals surface area contributed by atoms with Gasteiger partial charge in [0.2, 0.25) is 10.8 Å². The van der Waals surface area contributed by atoms with Gasteiger partial charge in [0.25, 0.3) is 5.91 Å². The number of thioether (sulfide) groups is 1. The van der Waals surface area contributed by atoms with E-state index < -0.39 is 4.87 Å². The minimum atomic E-state index is -1.12. The average molecular weight is 396 g/mol. The molecule has 144 valence electrons. The smallest absolute Gasteiger partial charge is 0.269 e. The SMILES string of the molecule is C[C@H]1CC(C)(C)N2C(=O)[C@]3(SCC(=O)N3c3ccc(F)cc3)c3cccc1c32. The summed E-state index contributed by atoms with van der Waals surface area (Å²) in [6.45, 7) is 6.36. The van der Waals surface area contributed by atoms with Crippen LogP contribution in [0.2, 0.25) is 0 Å². The van der Waals surface area contributed by atoms with Crippen molar-refractivity contribution in [2.45, 2.75) is 43.5 Å². The standard InChI is InChI=1S/C22H21FN2O2S/c1-13-11-21(2,3)25-19-16(13)5-4-6-17(19)22(20(25)27)24(18(26)12-28-22)15-9-7-14(23)8-10-15/h4-10,13H,11-12H2,1-3H3/t13-,22+/m0/s1. The molecule has 2 atom stereocenters. The maximum Gasteiger partial charge on any atom is 0.269 e. The monoisotopic (exact) mass is 396 g/mol. The third-order valence-corrected chi connectivity index (χ3v) is 7.53. The number of para-hydroxylation sites is 1. The maximum absolute atomic E-state index is 14.0. The molecule has 0 radical (unpaired) electrons. The van der Waals surface area contributed by atoms with Crippen LogP contribution in [0, 0.1) is 5.82 Å². The van der Waals surface area contributed by atoms with Gasteiger partial charge in [-0.05, 0) is 56.0 Å². The van der Waals surface area contributed by atoms with Crippen LogP contribution in [0.25, 0.3) is 0 Å². The van der Waals surface area contributed by atoms with Crippen molar-refractivity contribution >= 4 is 35.0 Å². The van der Waals surface area contributed by atoms with E-state index in [1.165, 1.54) is 23.9 Å². The van der Waals surface area contributed by atoms with Gasteiger partial charge < -0.3 is 4.90 Å². The molecule has 3 aliphatic heterocycles. The van der Waals surface area contributed by atoms with Gasteiger partial charge >= 0.3 is 0 Å². The van der Waals surface area contributed by atoms with Crippen LogP contribution in [0.5, 0.6) is 0 Å². The summed E-state index contributed by atoms with van der Waals surface area (Å²) in [6, 6.07) is 11.8. The molecule has 2 aromatic carbocycles. The van der Waals surface area contributed by atoms with Crippen LogP contribution in [0.4, 0.5) is 15.8 Å². The number of hydrogen-bond donors (Lipinski definition) is 0. The molecule has 0 unspecified atom stereocenters. The lowest BCUT2D eigenvalue weighted by atomic mass is 9.80. The Hall–Kier alpha value is -2.34. The molecule has 4 nitrogen and oxygen atoms in total. The molecule has 28 heavy (non-hydrogen) atoms. The van der Waals surface area contributed by atoms with Gasteiger partial charge in [-0.2, -0.15) is 0 Å². The lowest BCUT2D eigenvalue weighted by Crippen LogP contribution is -2.56. The van der Waals surface area contributed by atoms with Crippen molar-refractivity contribution in [3.63, 3.8) is 0 Å². The first-order chi connectivity index (χ1) is 13.3. The van der Waals surface area contributed by atoms with Crippen LogP contribution < -0.4 is 9.80 Å². The molecule has 0 saturated carbocycles. The Balaban J connectivity index is 1.78. The highest BCUT2D eigenvalue weighted by Crippen LogP contribution is 2.60. The summed E-state index contributed by atoms with van der Waals surface area (Å²) >= 11 is 1.37. The number of anilines is 2. The summed E-state index contributed by atoms with van der Waals surface area (Å²) in [5.74, 6) is -0.0331. The summed E-state index contributed by atoms with van der Waals surface area (Å²) in [4.78, 5) is 29.3. The predicted octanol–water partition coefficient (Wildman–Crippen LogP) is 4.39. The number of hydrogen-bond acceptors (Lipinski definition) is 3. The Kier molecular flexibility index (Phi) is 3.55. The van der Waals surface area contributed by atoms with Gasteiger partial charge in [0.05, 0.1) is 11.4 Å². The highest BCUT2D eigenvalue weighted by molar-refractivity contribution is 8.02. The number of rotatable bonds is 1. The van der Waals surface area contributed by atoms with Crippen molar-refractivity contribution in [2.75, 3.05) is 15.6 Å². The van der Waals surface area contributed by atoms with E-state index in [1.807, 2.05) is 17.0 Å². The Morgan fingerprint density at radius 3 is 2.50 bits per heavy atom. The first-order valence-corrected chi connectivity index (χ1v) is 10.5. The molecule has 0 aliphatic carbocycles. The van der Waals surface area contributed by atoms with Gasteiger partial charge in [0.15, 0.2) is 0 Å². The molecule has 2 amide bonds. The summed E-state index contributed by atoms with van der Waals surface area (Å²) in [7, 11) is 0. The molecule has 0 bridgehead atoms. The number of benzene rings is 2. The number of carbonyl (C=O) groups excluding carboxylic acids is 2. The topological polar surface area (TPSA) is 40.6 Å². The van der Waals surface area contributed by atoms with E-state index >= 15 is 0 Å². The van der Waals surface area contributed by atoms with Crippen molar-refractivity contribution in [2.24, 2.45) is 0 Å². The van der Waals surface area contributed by atoms with Gasteiger partial charge in [-0.25, -0.2) is 4.39 Å². The number of halogens is 1. The average Bonchev–Trinajstić information content (AvgIpc) is 3.11. The van der Waals surface area contributed by atoms with E-state index in [9.17, 15) is 14.0 Å². The minimum absolute atomic E-state index is 0.0768. The van der Waals surface area contributed by atoms with E-state index in [1.54, 1.807) is 17.0 Å². The van der Waals surface area contributed by atoms with E-state index in [0.717, 1.165) is 23.2 Å². The second-order valence-corrected chi connectivity index (χ2v) is 9.61. The molecular weight excluding hydrogens is 375 g/mol. The van der Waals surface area contributed by atoms with Crippen LogP contribution in [-0.4, -0.2) is 23.1 Å². The summed E-state index contributed by atoms with van der Waals surface area (Å²) in [5.41, 5.74) is 3.18. The van der Waals surface area contributed by atoms with Gasteiger partial charge in [-0.3, -0.25) is 14.5 Å². The third-order valence-electron chi connectivity index (χ3n) is 6.14. The van der Waals surface area contributed by atoms with Crippen molar-refractivity contribution < 1.29 is 14.0 Å². The van der Waals surface area contributed by atoms with Gasteiger partial charge in [0, 0.05) is 16.8 Å². The zero-order valence-electron chi connectivity index (χ0n) is 16.0. The Bertz CT molecular complexity index is 1020. The van der Waals surface area contributed by atoms with Crippen LogP contribution >= 0.6 is 11.8 Å². The second-order valence-electron chi connectivity index (χ2n) is 8.44. The first-order valence-electron chi connectivity index (χ1n) is 9.48. The van der Waals surface area contributed by atoms with E-state index in [0.29, 0.717) is 11.6 Å². The van der Waals surface area contributed by atoms with Gasteiger partial charge in [0.1, 0.15) is 5.82 Å². The van der Waals surface area contributed by atoms with E-state index in [-0.39, 0.29) is 28.9 Å². The Morgan fingerprint density at radius 2 is 1.79 bits per heavy atom. The summed E-state index contributed by atoms with van der Waals surface area (Å²) in [5, 5.41) is 0. The van der Waals surface area contributed by atoms with Crippen LogP contribution in [-0.2, 0) is 14.5 Å². The molecule has 2 aromatic rings. The van der Waals surface area contributed by atoms with Crippen LogP contribution in [0.15, 0.2) is 42.5 Å². The van der Waals surface area contributed by atoms with E-state index in [2.05, 4.69) is 26.8 Å². The molecule has 0 aromatic heterocycles. The second kappa shape index (κ2) is 5.60. The van der Waals surface area contributed by atoms with Crippen molar-refractivity contribution in [3.8, 4) is 0 Å².